The van der Waals surface area contributed by atoms with E-state index in [4.69, 9.17) is 11.6 Å². The number of hydrogen-bond donors (Lipinski definition) is 1. The molecule has 2 aromatic rings. The van der Waals surface area contributed by atoms with E-state index >= 15 is 0 Å². The third kappa shape index (κ3) is 4.54. The maximum atomic E-state index is 12.4. The van der Waals surface area contributed by atoms with Gasteiger partial charge in [0, 0.05) is 31.9 Å². The van der Waals surface area contributed by atoms with Gasteiger partial charge >= 0.3 is 12.1 Å². The van der Waals surface area contributed by atoms with Gasteiger partial charge in [0.15, 0.2) is 0 Å². The van der Waals surface area contributed by atoms with Crippen molar-refractivity contribution in [3.05, 3.63) is 45.6 Å². The molecule has 1 aromatic carbocycles. The zero-order chi connectivity index (χ0) is 19.6. The van der Waals surface area contributed by atoms with E-state index in [1.165, 1.54) is 23.5 Å². The number of halogens is 4. The zero-order valence-corrected chi connectivity index (χ0v) is 15.5. The summed E-state index contributed by atoms with van der Waals surface area (Å²) in [5.74, 6) is -2.06. The lowest BCUT2D eigenvalue weighted by molar-refractivity contribution is -0.167. The summed E-state index contributed by atoms with van der Waals surface area (Å²) < 4.78 is 37.0. The molecule has 1 aliphatic rings. The van der Waals surface area contributed by atoms with Crippen molar-refractivity contribution in [1.29, 1.82) is 0 Å². The highest BCUT2D eigenvalue weighted by atomic mass is 35.5. The fourth-order valence-electron chi connectivity index (χ4n) is 2.75. The molecular weight excluding hydrogens is 403 g/mol. The first-order valence-corrected chi connectivity index (χ1v) is 9.27. The largest absolute Gasteiger partial charge is 0.471 e. The number of piperazine rings is 1. The van der Waals surface area contributed by atoms with Gasteiger partial charge in [-0.3, -0.25) is 9.59 Å². The van der Waals surface area contributed by atoms with Crippen LogP contribution in [0, 0.1) is 0 Å². The molecule has 0 spiro atoms. The summed E-state index contributed by atoms with van der Waals surface area (Å²) in [6, 6.07) is 7.82. The maximum Gasteiger partial charge on any atom is 0.471 e. The fourth-order valence-corrected chi connectivity index (χ4v) is 3.74. The smallest absolute Gasteiger partial charge is 0.367 e. The van der Waals surface area contributed by atoms with Crippen molar-refractivity contribution in [2.45, 2.75) is 6.18 Å². The van der Waals surface area contributed by atoms with Crippen LogP contribution in [0.25, 0.3) is 0 Å². The lowest BCUT2D eigenvalue weighted by atomic mass is 10.2. The molecule has 144 valence electrons. The van der Waals surface area contributed by atoms with Gasteiger partial charge in [-0.15, -0.1) is 11.3 Å². The molecule has 1 saturated heterocycles. The first-order valence-electron chi connectivity index (χ1n) is 8.01. The average Bonchev–Trinajstić information content (AvgIpc) is 3.15. The van der Waals surface area contributed by atoms with Gasteiger partial charge in [0.05, 0.1) is 15.6 Å². The van der Waals surface area contributed by atoms with E-state index < -0.39 is 12.1 Å². The Balaban J connectivity index is 1.63. The Kier molecular flexibility index (Phi) is 5.61. The van der Waals surface area contributed by atoms with Crippen molar-refractivity contribution < 1.29 is 22.8 Å². The molecule has 0 atom stereocenters. The Bertz CT molecular complexity index is 834. The summed E-state index contributed by atoms with van der Waals surface area (Å²) in [7, 11) is 0. The van der Waals surface area contributed by atoms with Gasteiger partial charge in [0.25, 0.3) is 5.91 Å². The lowest BCUT2D eigenvalue weighted by Gasteiger charge is -2.36. The standard InChI is InChI=1S/C17H15ClF3N3O2S/c18-12-10-11(22-16(26)17(19,20)21)3-4-13(12)23-5-7-24(8-6-23)15(25)14-2-1-9-27-14/h1-4,9-10H,5-8H2,(H,22,26). The molecule has 2 amide bonds. The minimum atomic E-state index is -4.96. The van der Waals surface area contributed by atoms with Crippen LogP contribution in [-0.4, -0.2) is 49.1 Å². The lowest BCUT2D eigenvalue weighted by Crippen LogP contribution is -2.48. The second-order valence-electron chi connectivity index (χ2n) is 5.87. The number of benzene rings is 1. The van der Waals surface area contributed by atoms with Crippen molar-refractivity contribution in [3.8, 4) is 0 Å². The SMILES string of the molecule is O=C(c1cccs1)N1CCN(c2ccc(NC(=O)C(F)(F)F)cc2Cl)CC1. The summed E-state index contributed by atoms with van der Waals surface area (Å²) in [6.07, 6.45) is -4.96. The van der Waals surface area contributed by atoms with Crippen molar-refractivity contribution in [2.24, 2.45) is 0 Å². The Morgan fingerprint density at radius 2 is 1.81 bits per heavy atom. The number of amides is 2. The molecule has 1 N–H and O–H groups in total. The Hall–Kier alpha value is -2.26. The second kappa shape index (κ2) is 7.77. The number of hydrogen-bond acceptors (Lipinski definition) is 4. The molecule has 2 heterocycles. The summed E-state index contributed by atoms with van der Waals surface area (Å²) in [5.41, 5.74) is 0.613. The topological polar surface area (TPSA) is 52.7 Å². The van der Waals surface area contributed by atoms with E-state index in [1.54, 1.807) is 22.3 Å². The molecule has 1 aliphatic heterocycles. The molecule has 0 aliphatic carbocycles. The van der Waals surface area contributed by atoms with Crippen LogP contribution in [0.2, 0.25) is 5.02 Å². The molecule has 0 saturated carbocycles. The summed E-state index contributed by atoms with van der Waals surface area (Å²) >= 11 is 7.58. The molecule has 27 heavy (non-hydrogen) atoms. The van der Waals surface area contributed by atoms with E-state index in [1.807, 2.05) is 16.3 Å². The number of nitrogens with one attached hydrogen (secondary N) is 1. The Labute approximate surface area is 162 Å². The van der Waals surface area contributed by atoms with Crippen LogP contribution in [0.5, 0.6) is 0 Å². The number of carbonyl (C=O) groups excluding carboxylic acids is 2. The molecule has 0 radical (unpaired) electrons. The number of thiophene rings is 1. The minimum absolute atomic E-state index is 0.0130. The molecule has 0 bridgehead atoms. The summed E-state index contributed by atoms with van der Waals surface area (Å²) in [6.45, 7) is 2.12. The molecule has 5 nitrogen and oxygen atoms in total. The van der Waals surface area contributed by atoms with Gasteiger partial charge in [-0.05, 0) is 29.6 Å². The first kappa shape index (κ1) is 19.5. The fraction of sp³-hybridized carbons (Fsp3) is 0.294. The molecule has 0 unspecified atom stereocenters. The van der Waals surface area contributed by atoms with Crippen LogP contribution in [0.15, 0.2) is 35.7 Å². The highest BCUT2D eigenvalue weighted by Gasteiger charge is 2.38. The monoisotopic (exact) mass is 417 g/mol. The number of carbonyl (C=O) groups is 2. The Morgan fingerprint density at radius 3 is 2.37 bits per heavy atom. The van der Waals surface area contributed by atoms with Crippen molar-refractivity contribution >= 4 is 46.1 Å². The van der Waals surface area contributed by atoms with Gasteiger partial charge in [-0.25, -0.2) is 0 Å². The number of nitrogens with zero attached hydrogens (tertiary/aromatic N) is 2. The van der Waals surface area contributed by atoms with Gasteiger partial charge in [0.2, 0.25) is 0 Å². The third-order valence-electron chi connectivity index (χ3n) is 4.10. The Morgan fingerprint density at radius 1 is 1.11 bits per heavy atom. The average molecular weight is 418 g/mol. The third-order valence-corrected chi connectivity index (χ3v) is 5.26. The summed E-state index contributed by atoms with van der Waals surface area (Å²) in [4.78, 5) is 27.8. The molecule has 1 fully saturated rings. The van der Waals surface area contributed by atoms with E-state index in [0.717, 1.165) is 0 Å². The highest BCUT2D eigenvalue weighted by Crippen LogP contribution is 2.30. The van der Waals surface area contributed by atoms with Crippen LogP contribution < -0.4 is 10.2 Å². The normalized spacial score (nSPS) is 15.0. The second-order valence-corrected chi connectivity index (χ2v) is 7.23. The van der Waals surface area contributed by atoms with Crippen LogP contribution in [-0.2, 0) is 4.79 Å². The predicted octanol–water partition coefficient (Wildman–Crippen LogP) is 3.86. The maximum absolute atomic E-state index is 12.4. The molecule has 1 aromatic heterocycles. The van der Waals surface area contributed by atoms with E-state index in [-0.39, 0.29) is 16.6 Å². The van der Waals surface area contributed by atoms with E-state index in [2.05, 4.69) is 0 Å². The highest BCUT2D eigenvalue weighted by molar-refractivity contribution is 7.12. The van der Waals surface area contributed by atoms with E-state index in [0.29, 0.717) is 36.7 Å². The van der Waals surface area contributed by atoms with Gasteiger partial charge < -0.3 is 15.1 Å². The van der Waals surface area contributed by atoms with Gasteiger partial charge in [-0.1, -0.05) is 17.7 Å². The van der Waals surface area contributed by atoms with Gasteiger partial charge in [-0.2, -0.15) is 13.2 Å². The quantitative estimate of drug-likeness (QED) is 0.825. The van der Waals surface area contributed by atoms with Crippen LogP contribution in [0.4, 0.5) is 24.5 Å². The molecule has 10 heteroatoms. The molecular formula is C17H15ClF3N3O2S. The van der Waals surface area contributed by atoms with Crippen LogP contribution in [0.3, 0.4) is 0 Å². The number of anilines is 2. The van der Waals surface area contributed by atoms with Crippen LogP contribution in [0.1, 0.15) is 9.67 Å². The van der Waals surface area contributed by atoms with E-state index in [9.17, 15) is 22.8 Å². The first-order chi connectivity index (χ1) is 12.8. The van der Waals surface area contributed by atoms with Gasteiger partial charge in [0.1, 0.15) is 0 Å². The number of rotatable bonds is 3. The van der Waals surface area contributed by atoms with Crippen LogP contribution >= 0.6 is 22.9 Å². The molecule has 3 rings (SSSR count). The zero-order valence-electron chi connectivity index (χ0n) is 13.9. The minimum Gasteiger partial charge on any atom is -0.367 e. The van der Waals surface area contributed by atoms with Crippen molar-refractivity contribution in [3.63, 3.8) is 0 Å². The number of alkyl halides is 3. The van der Waals surface area contributed by atoms with Crippen molar-refractivity contribution in [2.75, 3.05) is 36.4 Å². The van der Waals surface area contributed by atoms with Crippen molar-refractivity contribution in [1.82, 2.24) is 4.90 Å². The predicted molar refractivity (Wildman–Crippen MR) is 98.6 cm³/mol. The summed E-state index contributed by atoms with van der Waals surface area (Å²) in [5, 5.41) is 3.85.